The van der Waals surface area contributed by atoms with Crippen molar-refractivity contribution in [3.8, 4) is 0 Å². The van der Waals surface area contributed by atoms with Gasteiger partial charge >= 0.3 is 5.97 Å². The molecular formula is C23H23N3O3S2. The van der Waals surface area contributed by atoms with Crippen LogP contribution in [-0.4, -0.2) is 17.1 Å². The highest BCUT2D eigenvalue weighted by molar-refractivity contribution is 7.10. The van der Waals surface area contributed by atoms with Crippen molar-refractivity contribution in [3.63, 3.8) is 0 Å². The van der Waals surface area contributed by atoms with E-state index in [1.54, 1.807) is 24.6 Å². The average Bonchev–Trinajstić information content (AvgIpc) is 3.36. The highest BCUT2D eigenvalue weighted by Crippen LogP contribution is 2.33. The van der Waals surface area contributed by atoms with Gasteiger partial charge < -0.3 is 10.1 Å². The first kappa shape index (κ1) is 21.3. The number of benzene rings is 1. The number of rotatable bonds is 5. The molecule has 0 unspecified atom stereocenters. The van der Waals surface area contributed by atoms with Gasteiger partial charge in [-0.25, -0.2) is 9.79 Å². The fraction of sp³-hybridized carbons (Fsp3) is 0.261. The topological polar surface area (TPSA) is 72.7 Å². The maximum absolute atomic E-state index is 13.4. The summed E-state index contributed by atoms with van der Waals surface area (Å²) in [5.41, 5.74) is 3.97. The molecular weight excluding hydrogens is 430 g/mol. The van der Waals surface area contributed by atoms with Crippen LogP contribution in [0.5, 0.6) is 0 Å². The minimum Gasteiger partial charge on any atom is -0.463 e. The molecule has 1 N–H and O–H groups in total. The van der Waals surface area contributed by atoms with Crippen LogP contribution >= 0.6 is 22.7 Å². The number of esters is 1. The van der Waals surface area contributed by atoms with Crippen LogP contribution in [0, 0.1) is 13.8 Å². The Kier molecular flexibility index (Phi) is 5.93. The number of allylic oxidation sites excluding steroid dienone is 1. The molecule has 0 aliphatic carbocycles. The minimum absolute atomic E-state index is 0.186. The van der Waals surface area contributed by atoms with Crippen LogP contribution in [0.15, 0.2) is 56.8 Å². The van der Waals surface area contributed by atoms with Gasteiger partial charge in [-0.2, -0.15) is 0 Å². The summed E-state index contributed by atoms with van der Waals surface area (Å²) in [6, 6.07) is 9.43. The number of fused-ring (bicyclic) bond motifs is 1. The summed E-state index contributed by atoms with van der Waals surface area (Å²) in [5, 5.41) is 5.20. The Morgan fingerprint density at radius 3 is 2.81 bits per heavy atom. The maximum Gasteiger partial charge on any atom is 0.338 e. The Hall–Kier alpha value is -2.97. The average molecular weight is 454 g/mol. The fourth-order valence-electron chi connectivity index (χ4n) is 3.54. The van der Waals surface area contributed by atoms with E-state index in [0.717, 1.165) is 21.7 Å². The number of thiazole rings is 1. The molecule has 2 aromatic heterocycles. The quantitative estimate of drug-likeness (QED) is 0.600. The minimum atomic E-state index is -0.543. The number of anilines is 1. The number of hydrogen-bond acceptors (Lipinski definition) is 7. The molecule has 3 heterocycles. The van der Waals surface area contributed by atoms with Gasteiger partial charge in [0.15, 0.2) is 4.80 Å². The summed E-state index contributed by atoms with van der Waals surface area (Å²) in [6.07, 6.45) is 1.72. The lowest BCUT2D eigenvalue weighted by molar-refractivity contribution is -0.139. The van der Waals surface area contributed by atoms with E-state index in [1.807, 2.05) is 43.5 Å². The van der Waals surface area contributed by atoms with Crippen LogP contribution in [-0.2, 0) is 9.53 Å². The van der Waals surface area contributed by atoms with Gasteiger partial charge in [-0.3, -0.25) is 9.36 Å². The molecule has 1 atom stereocenters. The monoisotopic (exact) mass is 453 g/mol. The van der Waals surface area contributed by atoms with Gasteiger partial charge in [-0.15, -0.1) is 11.3 Å². The fourth-order valence-corrected chi connectivity index (χ4v) is 5.34. The first-order valence-electron chi connectivity index (χ1n) is 9.96. The van der Waals surface area contributed by atoms with E-state index < -0.39 is 12.0 Å². The van der Waals surface area contributed by atoms with Gasteiger partial charge in [0.25, 0.3) is 5.56 Å². The van der Waals surface area contributed by atoms with Crippen LogP contribution in [0.3, 0.4) is 0 Å². The van der Waals surface area contributed by atoms with E-state index in [0.29, 0.717) is 20.6 Å². The third-order valence-corrected chi connectivity index (χ3v) is 6.99. The van der Waals surface area contributed by atoms with Crippen LogP contribution in [0.4, 0.5) is 5.69 Å². The molecule has 6 nitrogen and oxygen atoms in total. The molecule has 0 fully saturated rings. The lowest BCUT2D eigenvalue weighted by Crippen LogP contribution is -2.39. The number of hydrogen-bond donors (Lipinski definition) is 1. The van der Waals surface area contributed by atoms with Crippen molar-refractivity contribution in [3.05, 3.63) is 82.7 Å². The van der Waals surface area contributed by atoms with Crippen molar-refractivity contribution in [1.82, 2.24) is 4.57 Å². The number of ether oxygens (including phenoxy) is 1. The predicted molar refractivity (Wildman–Crippen MR) is 125 cm³/mol. The van der Waals surface area contributed by atoms with E-state index in [9.17, 15) is 9.59 Å². The summed E-state index contributed by atoms with van der Waals surface area (Å²) in [7, 11) is 0. The first-order valence-corrected chi connectivity index (χ1v) is 11.7. The second-order valence-electron chi connectivity index (χ2n) is 7.28. The number of nitrogens with one attached hydrogen (secondary N) is 1. The number of carbonyl (C=O) groups is 1. The number of carbonyl (C=O) groups excluding carboxylic acids is 1. The summed E-state index contributed by atoms with van der Waals surface area (Å²) >= 11 is 2.81. The van der Waals surface area contributed by atoms with E-state index in [4.69, 9.17) is 4.74 Å². The molecule has 1 aromatic carbocycles. The smallest absolute Gasteiger partial charge is 0.338 e. The van der Waals surface area contributed by atoms with Crippen LogP contribution in [0.25, 0.3) is 6.20 Å². The zero-order valence-corrected chi connectivity index (χ0v) is 19.4. The SMILES string of the molecule is CCOC(=O)C1=C(C)N=c2s/c(=C\Nc3cc(C)ccc3C)c(=O)n2[C@@H]1c1cccs1. The second-order valence-corrected chi connectivity index (χ2v) is 9.27. The standard InChI is InChI=1S/C23H23N3O3S2/c1-5-29-22(28)19-15(4)25-23-26(20(19)17-7-6-10-30-17)21(27)18(31-23)12-24-16-11-13(2)8-9-14(16)3/h6-12,20,24H,5H2,1-4H3/b18-12-/t20-/m1/s1. The Bertz CT molecular complexity index is 1350. The van der Waals surface area contributed by atoms with Crippen molar-refractivity contribution in [1.29, 1.82) is 0 Å². The van der Waals surface area contributed by atoms with Crippen LogP contribution in [0.2, 0.25) is 0 Å². The molecule has 1 aliphatic heterocycles. The molecule has 160 valence electrons. The molecule has 31 heavy (non-hydrogen) atoms. The number of aryl methyl sites for hydroxylation is 2. The molecule has 0 amide bonds. The molecule has 0 saturated heterocycles. The third kappa shape index (κ3) is 4.00. The molecule has 0 radical (unpaired) electrons. The lowest BCUT2D eigenvalue weighted by atomic mass is 10.0. The highest BCUT2D eigenvalue weighted by atomic mass is 32.1. The zero-order valence-electron chi connectivity index (χ0n) is 17.8. The van der Waals surface area contributed by atoms with Crippen LogP contribution < -0.4 is 20.2 Å². The van der Waals surface area contributed by atoms with Gasteiger partial charge in [0.05, 0.1) is 17.9 Å². The molecule has 4 rings (SSSR count). The Morgan fingerprint density at radius 1 is 1.29 bits per heavy atom. The number of thiophene rings is 1. The highest BCUT2D eigenvalue weighted by Gasteiger charge is 2.33. The second kappa shape index (κ2) is 8.64. The van der Waals surface area contributed by atoms with Crippen molar-refractivity contribution in [2.75, 3.05) is 11.9 Å². The summed E-state index contributed by atoms with van der Waals surface area (Å²) in [5.74, 6) is -0.440. The number of nitrogens with zero attached hydrogens (tertiary/aromatic N) is 2. The van der Waals surface area contributed by atoms with Gasteiger partial charge in [0.2, 0.25) is 0 Å². The molecule has 0 spiro atoms. The predicted octanol–water partition coefficient (Wildman–Crippen LogP) is 3.50. The first-order chi connectivity index (χ1) is 14.9. The van der Waals surface area contributed by atoms with E-state index >= 15 is 0 Å². The Morgan fingerprint density at radius 2 is 2.10 bits per heavy atom. The molecule has 3 aromatic rings. The van der Waals surface area contributed by atoms with Crippen molar-refractivity contribution < 1.29 is 9.53 Å². The summed E-state index contributed by atoms with van der Waals surface area (Å²) < 4.78 is 7.42. The van der Waals surface area contributed by atoms with E-state index in [2.05, 4.69) is 16.4 Å². The Balaban J connectivity index is 1.85. The Labute approximate surface area is 187 Å². The van der Waals surface area contributed by atoms with E-state index in [1.165, 1.54) is 22.7 Å². The van der Waals surface area contributed by atoms with Gasteiger partial charge in [-0.05, 0) is 56.3 Å². The summed E-state index contributed by atoms with van der Waals surface area (Å²) in [6.45, 7) is 7.86. The lowest BCUT2D eigenvalue weighted by Gasteiger charge is -2.23. The van der Waals surface area contributed by atoms with Gasteiger partial charge in [-0.1, -0.05) is 29.5 Å². The third-order valence-electron chi connectivity index (χ3n) is 5.08. The van der Waals surface area contributed by atoms with E-state index in [-0.39, 0.29) is 12.2 Å². The largest absolute Gasteiger partial charge is 0.463 e. The van der Waals surface area contributed by atoms with Crippen molar-refractivity contribution >= 4 is 40.5 Å². The molecule has 8 heteroatoms. The normalized spacial score (nSPS) is 16.1. The van der Waals surface area contributed by atoms with Gasteiger partial charge in [0.1, 0.15) is 10.6 Å². The van der Waals surface area contributed by atoms with Crippen LogP contribution in [0.1, 0.15) is 35.9 Å². The molecule has 0 saturated carbocycles. The zero-order chi connectivity index (χ0) is 22.1. The van der Waals surface area contributed by atoms with Crippen molar-refractivity contribution in [2.45, 2.75) is 33.7 Å². The number of aromatic nitrogens is 1. The van der Waals surface area contributed by atoms with Gasteiger partial charge in [0, 0.05) is 16.8 Å². The van der Waals surface area contributed by atoms with Crippen molar-refractivity contribution in [2.24, 2.45) is 4.99 Å². The molecule has 0 bridgehead atoms. The summed E-state index contributed by atoms with van der Waals surface area (Å²) in [4.78, 5) is 32.2. The maximum atomic E-state index is 13.4. The molecule has 1 aliphatic rings.